The third-order valence-corrected chi connectivity index (χ3v) is 9.87. The van der Waals surface area contributed by atoms with Gasteiger partial charge >= 0.3 is 11.9 Å². The second-order valence-corrected chi connectivity index (χ2v) is 11.6. The van der Waals surface area contributed by atoms with Gasteiger partial charge in [0.2, 0.25) is 0 Å². The highest BCUT2D eigenvalue weighted by Crippen LogP contribution is 2.69. The molecule has 2 heterocycles. The molecule has 2 aliphatic carbocycles. The summed E-state index contributed by atoms with van der Waals surface area (Å²) in [4.78, 5) is 25.1. The molecule has 1 aromatic carbocycles. The van der Waals surface area contributed by atoms with Crippen molar-refractivity contribution in [2.75, 3.05) is 6.61 Å². The van der Waals surface area contributed by atoms with Crippen LogP contribution in [0.3, 0.4) is 0 Å². The van der Waals surface area contributed by atoms with Crippen LogP contribution in [0.5, 0.6) is 0 Å². The summed E-state index contributed by atoms with van der Waals surface area (Å²) in [6.45, 7) is 11.8. The van der Waals surface area contributed by atoms with Gasteiger partial charge in [-0.2, -0.15) is 0 Å². The molecule has 2 aliphatic heterocycles. The molecule has 2 saturated heterocycles. The fourth-order valence-electron chi connectivity index (χ4n) is 7.73. The topological polar surface area (TPSA) is 61.8 Å². The number of rotatable bonds is 2. The van der Waals surface area contributed by atoms with Crippen LogP contribution in [-0.4, -0.2) is 35.9 Å². The van der Waals surface area contributed by atoms with Gasteiger partial charge in [-0.15, -0.1) is 0 Å². The molecule has 3 fully saturated rings. The lowest BCUT2D eigenvalue weighted by atomic mass is 9.41. The van der Waals surface area contributed by atoms with E-state index in [0.29, 0.717) is 18.6 Å². The number of ether oxygens (including phenoxy) is 3. The van der Waals surface area contributed by atoms with Crippen molar-refractivity contribution in [1.82, 2.24) is 0 Å². The van der Waals surface area contributed by atoms with Gasteiger partial charge < -0.3 is 14.2 Å². The van der Waals surface area contributed by atoms with E-state index in [-0.39, 0.29) is 40.7 Å². The number of benzene rings is 1. The van der Waals surface area contributed by atoms with Crippen LogP contribution in [0.25, 0.3) is 0 Å². The normalized spacial score (nSPS) is 44.5. The molecule has 0 radical (unpaired) electrons. The minimum atomic E-state index is -0.525. The second-order valence-electron chi connectivity index (χ2n) is 11.6. The van der Waals surface area contributed by atoms with Crippen LogP contribution in [-0.2, 0) is 19.0 Å². The first-order valence-corrected chi connectivity index (χ1v) is 12.3. The first-order chi connectivity index (χ1) is 15.5. The van der Waals surface area contributed by atoms with Crippen LogP contribution in [0.1, 0.15) is 77.1 Å². The summed E-state index contributed by atoms with van der Waals surface area (Å²) in [6.07, 6.45) is 5.76. The van der Waals surface area contributed by atoms with E-state index in [9.17, 15) is 9.59 Å². The Bertz CT molecular complexity index is 1000. The van der Waals surface area contributed by atoms with Gasteiger partial charge in [0.05, 0.1) is 17.6 Å². The molecule has 5 rings (SSSR count). The summed E-state index contributed by atoms with van der Waals surface area (Å²) in [5.41, 5.74) is 0.704. The average molecular weight is 453 g/mol. The Kier molecular flexibility index (Phi) is 5.10. The van der Waals surface area contributed by atoms with E-state index in [0.717, 1.165) is 25.7 Å². The van der Waals surface area contributed by atoms with E-state index in [1.54, 1.807) is 0 Å². The molecule has 5 nitrogen and oxygen atoms in total. The maximum absolute atomic E-state index is 13.1. The Balaban J connectivity index is 1.53. The number of allylic oxidation sites excluding steroid dienone is 1. The third-order valence-electron chi connectivity index (χ3n) is 9.87. The van der Waals surface area contributed by atoms with E-state index >= 15 is 0 Å². The number of carbonyl (C=O) groups is 2. The van der Waals surface area contributed by atoms with Gasteiger partial charge in [-0.1, -0.05) is 50.6 Å². The second kappa shape index (κ2) is 7.43. The number of cyclic esters (lactones) is 1. The van der Waals surface area contributed by atoms with Gasteiger partial charge in [-0.25, -0.2) is 4.79 Å². The lowest BCUT2D eigenvalue weighted by Crippen LogP contribution is -2.71. The molecule has 0 unspecified atom stereocenters. The largest absolute Gasteiger partial charge is 0.463 e. The Labute approximate surface area is 196 Å². The average Bonchev–Trinajstić information content (AvgIpc) is 3.13. The number of esters is 2. The first-order valence-electron chi connectivity index (χ1n) is 12.3. The molecule has 0 aromatic heterocycles. The van der Waals surface area contributed by atoms with Crippen LogP contribution >= 0.6 is 0 Å². The smallest absolute Gasteiger partial charge is 0.338 e. The molecule has 4 aliphatic rings. The zero-order chi connectivity index (χ0) is 23.6. The predicted octanol–water partition coefficient (Wildman–Crippen LogP) is 5.49. The van der Waals surface area contributed by atoms with Gasteiger partial charge in [0.15, 0.2) is 0 Å². The molecule has 0 bridgehead atoms. The molecule has 5 heteroatoms. The van der Waals surface area contributed by atoms with Crippen molar-refractivity contribution < 1.29 is 23.8 Å². The van der Waals surface area contributed by atoms with Crippen molar-refractivity contribution in [2.24, 2.45) is 22.7 Å². The highest BCUT2D eigenvalue weighted by molar-refractivity contribution is 5.89. The molecular weight excluding hydrogens is 416 g/mol. The molecule has 0 amide bonds. The van der Waals surface area contributed by atoms with Crippen molar-refractivity contribution in [1.29, 1.82) is 0 Å². The van der Waals surface area contributed by atoms with Crippen LogP contribution in [0, 0.1) is 22.7 Å². The minimum Gasteiger partial charge on any atom is -0.463 e. The number of carbonyl (C=O) groups excluding carboxylic acids is 2. The number of fused-ring (bicyclic) bond motifs is 3. The van der Waals surface area contributed by atoms with Crippen molar-refractivity contribution >= 4 is 11.9 Å². The van der Waals surface area contributed by atoms with E-state index in [1.807, 2.05) is 30.3 Å². The fourth-order valence-corrected chi connectivity index (χ4v) is 7.73. The molecule has 178 valence electrons. The maximum atomic E-state index is 13.1. The van der Waals surface area contributed by atoms with Crippen LogP contribution in [0.4, 0.5) is 0 Å². The molecule has 33 heavy (non-hydrogen) atoms. The number of hydrogen-bond acceptors (Lipinski definition) is 5. The summed E-state index contributed by atoms with van der Waals surface area (Å²) in [5, 5.41) is 0. The van der Waals surface area contributed by atoms with Gasteiger partial charge in [0.25, 0.3) is 0 Å². The summed E-state index contributed by atoms with van der Waals surface area (Å²) < 4.78 is 18.6. The van der Waals surface area contributed by atoms with E-state index in [1.165, 1.54) is 5.57 Å². The third kappa shape index (κ3) is 3.22. The molecule has 1 saturated carbocycles. The Morgan fingerprint density at radius 2 is 1.85 bits per heavy atom. The SMILES string of the molecule is CC1=CC[C@@H](OC(=O)c2ccccc2)[C@H]2[C@@]1(C)C[C@H](C)[C@]1(C)O[C@]3(CC[C@]21C)COC(=O)C3. The zero-order valence-corrected chi connectivity index (χ0v) is 20.5. The van der Waals surface area contributed by atoms with Gasteiger partial charge in [0.1, 0.15) is 18.3 Å². The lowest BCUT2D eigenvalue weighted by Gasteiger charge is -2.69. The first kappa shape index (κ1) is 22.6. The maximum Gasteiger partial charge on any atom is 0.338 e. The molecule has 1 spiro atoms. The van der Waals surface area contributed by atoms with Gasteiger partial charge in [-0.3, -0.25) is 4.79 Å². The standard InChI is InChI=1S/C28H36O5/c1-18-11-12-21(32-24(30)20-9-7-6-8-10-20)23-25(18,3)15-19(2)27(5)26(23,4)13-14-28(33-27)16-22(29)31-17-28/h6-11,19,21,23H,12-17H2,1-5H3/t19-,21+,23-,25-,26+,27-,28-/m0/s1. The van der Waals surface area contributed by atoms with Gasteiger partial charge in [-0.05, 0) is 56.6 Å². The van der Waals surface area contributed by atoms with E-state index < -0.39 is 11.2 Å². The molecule has 1 aromatic rings. The Morgan fingerprint density at radius 1 is 1.12 bits per heavy atom. The minimum absolute atomic E-state index is 0.0799. The highest BCUT2D eigenvalue weighted by atomic mass is 16.6. The van der Waals surface area contributed by atoms with Gasteiger partial charge in [0, 0.05) is 17.8 Å². The molecule has 7 atom stereocenters. The number of hydrogen-bond donors (Lipinski definition) is 0. The Morgan fingerprint density at radius 3 is 2.52 bits per heavy atom. The summed E-state index contributed by atoms with van der Waals surface area (Å²) in [7, 11) is 0. The van der Waals surface area contributed by atoms with E-state index in [2.05, 4.69) is 40.7 Å². The Hall–Kier alpha value is -2.14. The van der Waals surface area contributed by atoms with Crippen molar-refractivity contribution in [3.8, 4) is 0 Å². The lowest BCUT2D eigenvalue weighted by molar-refractivity contribution is -0.311. The molecular formula is C28H36O5. The van der Waals surface area contributed by atoms with Crippen LogP contribution < -0.4 is 0 Å². The summed E-state index contributed by atoms with van der Waals surface area (Å²) >= 11 is 0. The van der Waals surface area contributed by atoms with E-state index in [4.69, 9.17) is 14.2 Å². The highest BCUT2D eigenvalue weighted by Gasteiger charge is 2.70. The quantitative estimate of drug-likeness (QED) is 0.439. The van der Waals surface area contributed by atoms with Crippen LogP contribution in [0.2, 0.25) is 0 Å². The van der Waals surface area contributed by atoms with Crippen molar-refractivity contribution in [3.63, 3.8) is 0 Å². The van der Waals surface area contributed by atoms with Crippen molar-refractivity contribution in [3.05, 3.63) is 47.5 Å². The predicted molar refractivity (Wildman–Crippen MR) is 125 cm³/mol. The zero-order valence-electron chi connectivity index (χ0n) is 20.5. The fraction of sp³-hybridized carbons (Fsp3) is 0.643. The van der Waals surface area contributed by atoms with Crippen molar-refractivity contribution in [2.45, 2.75) is 84.0 Å². The van der Waals surface area contributed by atoms with Crippen LogP contribution in [0.15, 0.2) is 42.0 Å². The summed E-state index contributed by atoms with van der Waals surface area (Å²) in [5.74, 6) is -0.0211. The summed E-state index contributed by atoms with van der Waals surface area (Å²) in [6, 6.07) is 9.26. The monoisotopic (exact) mass is 452 g/mol. The molecule has 0 N–H and O–H groups in total.